The molecule has 1 aromatic heterocycles. The van der Waals surface area contributed by atoms with Crippen molar-refractivity contribution in [1.29, 1.82) is 0 Å². The lowest BCUT2D eigenvalue weighted by Crippen LogP contribution is -2.34. The van der Waals surface area contributed by atoms with Gasteiger partial charge < -0.3 is 14.6 Å². The molecule has 1 fully saturated rings. The summed E-state index contributed by atoms with van der Waals surface area (Å²) in [5.74, 6) is -0.181. The van der Waals surface area contributed by atoms with E-state index in [4.69, 9.17) is 4.74 Å². The number of rotatable bonds is 3. The predicted octanol–water partition coefficient (Wildman–Crippen LogP) is 2.29. The molecule has 1 amide bonds. The molecule has 1 N–H and O–H groups in total. The van der Waals surface area contributed by atoms with Gasteiger partial charge in [0.25, 0.3) is 0 Å². The van der Waals surface area contributed by atoms with Crippen LogP contribution < -0.4 is 10.7 Å². The minimum absolute atomic E-state index is 0.0858. The number of hydrogen-bond acceptors (Lipinski definition) is 3. The summed E-state index contributed by atoms with van der Waals surface area (Å²) in [6.07, 6.45) is 5.77. The number of halogens is 1. The molecule has 2 atom stereocenters. The van der Waals surface area contributed by atoms with Crippen LogP contribution in [0.5, 0.6) is 0 Å². The van der Waals surface area contributed by atoms with Crippen LogP contribution in [0.4, 0.5) is 5.69 Å². The van der Waals surface area contributed by atoms with Gasteiger partial charge in [0.2, 0.25) is 11.3 Å². The number of aryl methyl sites for hydroxylation is 1. The second kappa shape index (κ2) is 6.54. The molecule has 0 saturated carbocycles. The average Bonchev–Trinajstić information content (AvgIpc) is 2.44. The van der Waals surface area contributed by atoms with Crippen molar-refractivity contribution < 1.29 is 9.53 Å². The number of amides is 1. The first-order valence-electron chi connectivity index (χ1n) is 6.79. The van der Waals surface area contributed by atoms with Crippen molar-refractivity contribution in [2.24, 2.45) is 13.0 Å². The lowest BCUT2D eigenvalue weighted by atomic mass is 9.93. The highest BCUT2D eigenvalue weighted by molar-refractivity contribution is 9.10. The van der Waals surface area contributed by atoms with Gasteiger partial charge in [0.05, 0.1) is 10.6 Å². The Bertz CT molecular complexity index is 556. The molecular weight excluding hydrogens is 324 g/mol. The largest absolute Gasteiger partial charge is 0.378 e. The first kappa shape index (κ1) is 15.3. The number of ether oxygens (including phenoxy) is 1. The third kappa shape index (κ3) is 3.49. The number of nitrogens with one attached hydrogen (secondary N) is 1. The third-order valence-electron chi connectivity index (χ3n) is 3.56. The summed E-state index contributed by atoms with van der Waals surface area (Å²) in [7, 11) is 1.81. The number of carbonyl (C=O) groups is 1. The molecule has 1 aliphatic heterocycles. The zero-order valence-corrected chi connectivity index (χ0v) is 13.3. The van der Waals surface area contributed by atoms with Crippen molar-refractivity contribution in [3.8, 4) is 0 Å². The Hall–Kier alpha value is -1.14. The summed E-state index contributed by atoms with van der Waals surface area (Å²) in [6.45, 7) is 2.65. The first-order valence-corrected chi connectivity index (χ1v) is 7.58. The molecule has 1 aliphatic rings. The monoisotopic (exact) mass is 342 g/mol. The van der Waals surface area contributed by atoms with Gasteiger partial charge in [-0.1, -0.05) is 6.92 Å². The Morgan fingerprint density at radius 1 is 1.55 bits per heavy atom. The summed E-state index contributed by atoms with van der Waals surface area (Å²) < 4.78 is 7.74. The molecule has 6 heteroatoms. The van der Waals surface area contributed by atoms with Gasteiger partial charge >= 0.3 is 0 Å². The lowest BCUT2D eigenvalue weighted by molar-refractivity contribution is -0.124. The highest BCUT2D eigenvalue weighted by atomic mass is 79.9. The van der Waals surface area contributed by atoms with E-state index >= 15 is 0 Å². The van der Waals surface area contributed by atoms with Gasteiger partial charge in [0.1, 0.15) is 5.69 Å². The molecule has 1 saturated heterocycles. The average molecular weight is 343 g/mol. The highest BCUT2D eigenvalue weighted by Crippen LogP contribution is 2.23. The van der Waals surface area contributed by atoms with E-state index in [1.807, 2.05) is 0 Å². The van der Waals surface area contributed by atoms with E-state index in [0.29, 0.717) is 23.2 Å². The number of nitrogens with zero attached hydrogens (tertiary/aromatic N) is 1. The van der Waals surface area contributed by atoms with E-state index in [0.717, 1.165) is 12.8 Å². The SMILES string of the molecule is CCC1CC(C(=O)Nc2cn(C)cc(Br)c2=O)CCO1. The molecule has 0 radical (unpaired) electrons. The summed E-state index contributed by atoms with van der Waals surface area (Å²) in [6, 6.07) is 0. The van der Waals surface area contributed by atoms with E-state index in [-0.39, 0.29) is 23.4 Å². The van der Waals surface area contributed by atoms with Gasteiger partial charge in [-0.2, -0.15) is 0 Å². The number of carbonyl (C=O) groups excluding carboxylic acids is 1. The molecule has 20 heavy (non-hydrogen) atoms. The van der Waals surface area contributed by atoms with E-state index in [2.05, 4.69) is 28.2 Å². The minimum Gasteiger partial charge on any atom is -0.378 e. The topological polar surface area (TPSA) is 60.3 Å². The smallest absolute Gasteiger partial charge is 0.227 e. The molecule has 0 aliphatic carbocycles. The van der Waals surface area contributed by atoms with Crippen LogP contribution in [0, 0.1) is 5.92 Å². The predicted molar refractivity (Wildman–Crippen MR) is 80.8 cm³/mol. The molecule has 5 nitrogen and oxygen atoms in total. The van der Waals surface area contributed by atoms with E-state index in [1.165, 1.54) is 0 Å². The summed E-state index contributed by atoms with van der Waals surface area (Å²) in [5.41, 5.74) is 0.113. The molecule has 1 aromatic rings. The molecule has 110 valence electrons. The molecule has 0 bridgehead atoms. The van der Waals surface area contributed by atoms with Crippen molar-refractivity contribution in [2.75, 3.05) is 11.9 Å². The van der Waals surface area contributed by atoms with E-state index in [9.17, 15) is 9.59 Å². The molecular formula is C14H19BrN2O3. The summed E-state index contributed by atoms with van der Waals surface area (Å²) in [5, 5.41) is 2.75. The normalized spacial score (nSPS) is 22.6. The van der Waals surface area contributed by atoms with Gasteiger partial charge in [-0.3, -0.25) is 9.59 Å². The molecule has 2 unspecified atom stereocenters. The molecule has 2 heterocycles. The Labute approximate surface area is 126 Å². The third-order valence-corrected chi connectivity index (χ3v) is 4.13. The van der Waals surface area contributed by atoms with Gasteiger partial charge in [0.15, 0.2) is 0 Å². The first-order chi connectivity index (χ1) is 9.51. The zero-order chi connectivity index (χ0) is 14.7. The standard InChI is InChI=1S/C14H19BrN2O3/c1-3-10-6-9(4-5-20-10)14(19)16-12-8-17(2)7-11(15)13(12)18/h7-10H,3-6H2,1-2H3,(H,16,19). The Morgan fingerprint density at radius 3 is 3.00 bits per heavy atom. The van der Waals surface area contributed by atoms with Gasteiger partial charge in [-0.15, -0.1) is 0 Å². The fourth-order valence-electron chi connectivity index (χ4n) is 2.39. The zero-order valence-electron chi connectivity index (χ0n) is 11.7. The number of anilines is 1. The second-order valence-corrected chi connectivity index (χ2v) is 5.98. The summed E-state index contributed by atoms with van der Waals surface area (Å²) in [4.78, 5) is 24.2. The van der Waals surface area contributed by atoms with Crippen LogP contribution in [0.3, 0.4) is 0 Å². The van der Waals surface area contributed by atoms with Crippen molar-refractivity contribution in [3.05, 3.63) is 27.1 Å². The molecule has 2 rings (SSSR count). The number of pyridine rings is 1. The van der Waals surface area contributed by atoms with Crippen molar-refractivity contribution in [3.63, 3.8) is 0 Å². The highest BCUT2D eigenvalue weighted by Gasteiger charge is 2.27. The maximum Gasteiger partial charge on any atom is 0.227 e. The quantitative estimate of drug-likeness (QED) is 0.916. The maximum absolute atomic E-state index is 12.3. The van der Waals surface area contributed by atoms with Gasteiger partial charge in [0, 0.05) is 32.0 Å². The molecule has 0 aromatic carbocycles. The van der Waals surface area contributed by atoms with Crippen molar-refractivity contribution in [2.45, 2.75) is 32.3 Å². The van der Waals surface area contributed by atoms with Crippen molar-refractivity contribution >= 4 is 27.5 Å². The van der Waals surface area contributed by atoms with E-state index < -0.39 is 0 Å². The van der Waals surface area contributed by atoms with Gasteiger partial charge in [-0.05, 0) is 35.2 Å². The van der Waals surface area contributed by atoms with Gasteiger partial charge in [-0.25, -0.2) is 0 Å². The number of aromatic nitrogens is 1. The van der Waals surface area contributed by atoms with Crippen LogP contribution >= 0.6 is 15.9 Å². The maximum atomic E-state index is 12.3. The fraction of sp³-hybridized carbons (Fsp3) is 0.571. The Kier molecular flexibility index (Phi) is 4.99. The second-order valence-electron chi connectivity index (χ2n) is 5.13. The molecule has 0 spiro atoms. The Balaban J connectivity index is 2.10. The lowest BCUT2D eigenvalue weighted by Gasteiger charge is -2.28. The van der Waals surface area contributed by atoms with Crippen LogP contribution in [0.25, 0.3) is 0 Å². The fourth-order valence-corrected chi connectivity index (χ4v) is 2.93. The summed E-state index contributed by atoms with van der Waals surface area (Å²) >= 11 is 3.20. The van der Waals surface area contributed by atoms with E-state index in [1.54, 1.807) is 24.0 Å². The minimum atomic E-state index is -0.199. The Morgan fingerprint density at radius 2 is 2.30 bits per heavy atom. The van der Waals surface area contributed by atoms with Crippen LogP contribution in [0.1, 0.15) is 26.2 Å². The van der Waals surface area contributed by atoms with Crippen molar-refractivity contribution in [1.82, 2.24) is 4.57 Å². The number of hydrogen-bond donors (Lipinski definition) is 1. The van der Waals surface area contributed by atoms with Crippen LogP contribution in [-0.4, -0.2) is 23.2 Å². The van der Waals surface area contributed by atoms with Crippen LogP contribution in [0.15, 0.2) is 21.7 Å². The van der Waals surface area contributed by atoms with Crippen LogP contribution in [-0.2, 0) is 16.6 Å². The van der Waals surface area contributed by atoms with Crippen LogP contribution in [0.2, 0.25) is 0 Å².